The first-order valence-electron chi connectivity index (χ1n) is 11.1. The highest BCUT2D eigenvalue weighted by molar-refractivity contribution is 5.42. The second-order valence-electron chi connectivity index (χ2n) is 5.67. The van der Waals surface area contributed by atoms with Crippen LogP contribution in [0, 0.1) is 6.92 Å². The molecule has 1 unspecified atom stereocenters. The van der Waals surface area contributed by atoms with Crippen molar-refractivity contribution in [2.75, 3.05) is 20.8 Å². The fourth-order valence-corrected chi connectivity index (χ4v) is 2.38. The highest BCUT2D eigenvalue weighted by Gasteiger charge is 2.07. The minimum absolute atomic E-state index is 0.0694. The van der Waals surface area contributed by atoms with Crippen LogP contribution < -0.4 is 14.2 Å². The number of rotatable bonds is 10. The molecule has 0 aromatic heterocycles. The van der Waals surface area contributed by atoms with Crippen molar-refractivity contribution in [3.05, 3.63) is 53.6 Å². The zero-order valence-electron chi connectivity index (χ0n) is 20.5. The van der Waals surface area contributed by atoms with Gasteiger partial charge in [0.1, 0.15) is 12.4 Å². The van der Waals surface area contributed by atoms with Crippen LogP contribution in [0.5, 0.6) is 17.2 Å². The van der Waals surface area contributed by atoms with Crippen molar-refractivity contribution in [1.29, 1.82) is 0 Å². The monoisotopic (exact) mass is 350 g/mol. The molecule has 2 rings (SSSR count). The Morgan fingerprint density at radius 3 is 2.80 bits per heavy atom. The van der Waals surface area contributed by atoms with E-state index in [4.69, 9.17) is 22.4 Å². The van der Waals surface area contributed by atoms with E-state index in [-0.39, 0.29) is 17.9 Å². The Morgan fingerprint density at radius 1 is 1.16 bits per heavy atom. The molecule has 0 spiro atoms. The Bertz CT molecular complexity index is 867. The van der Waals surface area contributed by atoms with Gasteiger partial charge < -0.3 is 19.3 Å². The molecule has 0 amide bonds. The maximum Gasteiger partial charge on any atom is 0.160 e. The highest BCUT2D eigenvalue weighted by Crippen LogP contribution is 2.28. The Hall–Kier alpha value is -2.20. The van der Waals surface area contributed by atoms with E-state index < -0.39 is 26.1 Å². The van der Waals surface area contributed by atoms with Crippen LogP contribution in [0.1, 0.15) is 38.6 Å². The quantitative estimate of drug-likeness (QED) is 0.699. The van der Waals surface area contributed by atoms with E-state index in [9.17, 15) is 5.11 Å². The smallest absolute Gasteiger partial charge is 0.160 e. The summed E-state index contributed by atoms with van der Waals surface area (Å²) in [6.45, 7) is 1.38. The van der Waals surface area contributed by atoms with Gasteiger partial charge in [0.25, 0.3) is 0 Å². The summed E-state index contributed by atoms with van der Waals surface area (Å²) in [5.74, 6) is 0.823. The number of methoxy groups -OCH3 is 2. The predicted molar refractivity (Wildman–Crippen MR) is 99.8 cm³/mol. The molecule has 2 aromatic carbocycles. The number of hydrogen-bond donors (Lipinski definition) is 1. The van der Waals surface area contributed by atoms with Crippen LogP contribution in [0.4, 0.5) is 0 Å². The minimum atomic E-state index is -2.59. The van der Waals surface area contributed by atoms with Crippen LogP contribution in [0.25, 0.3) is 0 Å². The van der Waals surface area contributed by atoms with Crippen LogP contribution in [0.15, 0.2) is 42.5 Å². The molecule has 1 N–H and O–H groups in total. The topological polar surface area (TPSA) is 47.9 Å². The lowest BCUT2D eigenvalue weighted by Gasteiger charge is -2.13. The molecule has 0 bridgehead atoms. The molecule has 0 aliphatic carbocycles. The molecule has 0 fully saturated rings. The summed E-state index contributed by atoms with van der Waals surface area (Å²) in [6, 6.07) is 11.9. The largest absolute Gasteiger partial charge is 0.493 e. The third kappa shape index (κ3) is 6.31. The normalized spacial score (nSPS) is 17.7. The van der Waals surface area contributed by atoms with Crippen LogP contribution >= 0.6 is 0 Å². The van der Waals surface area contributed by atoms with E-state index >= 15 is 0 Å². The first kappa shape index (κ1) is 12.2. The zero-order chi connectivity index (χ0) is 23.3. The van der Waals surface area contributed by atoms with E-state index in [0.717, 1.165) is 11.1 Å². The molecule has 4 nitrogen and oxygen atoms in total. The van der Waals surface area contributed by atoms with Gasteiger partial charge in [0.05, 0.1) is 25.7 Å². The van der Waals surface area contributed by atoms with Gasteiger partial charge in [0.2, 0.25) is 0 Å². The third-order valence-corrected chi connectivity index (χ3v) is 3.67. The van der Waals surface area contributed by atoms with Gasteiger partial charge in [-0.2, -0.15) is 0 Å². The van der Waals surface area contributed by atoms with Crippen molar-refractivity contribution in [1.82, 2.24) is 0 Å². The second kappa shape index (κ2) is 9.94. The molecule has 0 radical (unpaired) electrons. The molecule has 2 aromatic rings. The molecule has 0 saturated heterocycles. The highest BCUT2D eigenvalue weighted by atomic mass is 16.5. The number of ether oxygens (including phenoxy) is 3. The molecule has 25 heavy (non-hydrogen) atoms. The van der Waals surface area contributed by atoms with Gasteiger partial charge in [-0.05, 0) is 61.5 Å². The summed E-state index contributed by atoms with van der Waals surface area (Å²) in [4.78, 5) is 0. The minimum Gasteiger partial charge on any atom is -0.493 e. The Kier molecular flexibility index (Phi) is 4.85. The number of hydrogen-bond acceptors (Lipinski definition) is 4. The summed E-state index contributed by atoms with van der Waals surface area (Å²) in [7, 11) is -1.19. The Balaban J connectivity index is 1.94. The van der Waals surface area contributed by atoms with Gasteiger partial charge in [-0.1, -0.05) is 24.6 Å². The summed E-state index contributed by atoms with van der Waals surface area (Å²) in [6.07, 6.45) is -3.91. The second-order valence-corrected chi connectivity index (χ2v) is 5.67. The van der Waals surface area contributed by atoms with Crippen molar-refractivity contribution in [2.45, 2.75) is 38.6 Å². The first-order valence-corrected chi connectivity index (χ1v) is 8.11. The van der Waals surface area contributed by atoms with Crippen molar-refractivity contribution in [3.63, 3.8) is 0 Å². The molecular formula is C21H28O4. The Labute approximate surface area is 158 Å². The Morgan fingerprint density at radius 2 is 2.04 bits per heavy atom. The van der Waals surface area contributed by atoms with Crippen LogP contribution in [-0.2, 0) is 6.42 Å². The van der Waals surface area contributed by atoms with Crippen molar-refractivity contribution < 1.29 is 27.5 Å². The van der Waals surface area contributed by atoms with Gasteiger partial charge in [0, 0.05) is 2.74 Å². The SMILES string of the molecule is [2H]C([2H])([2H])Oc1ccc(CCCC([2H])([2H])C([2H])(O)COc2cccc(C)c2)cc1OC. The molecule has 1 atom stereocenters. The van der Waals surface area contributed by atoms with E-state index in [1.165, 1.54) is 13.2 Å². The van der Waals surface area contributed by atoms with Gasteiger partial charge in [-0.3, -0.25) is 0 Å². The molecular weight excluding hydrogens is 316 g/mol. The maximum atomic E-state index is 10.4. The summed E-state index contributed by atoms with van der Waals surface area (Å²) < 4.78 is 61.5. The number of aliphatic hydroxyl groups is 1. The van der Waals surface area contributed by atoms with E-state index in [0.29, 0.717) is 18.6 Å². The molecule has 0 saturated carbocycles. The number of benzene rings is 2. The molecule has 4 heteroatoms. The molecule has 0 heterocycles. The van der Waals surface area contributed by atoms with E-state index in [2.05, 4.69) is 0 Å². The van der Waals surface area contributed by atoms with Crippen LogP contribution in [0.2, 0.25) is 0 Å². The molecule has 136 valence electrons. The first-order chi connectivity index (χ1) is 14.3. The molecule has 0 aliphatic heterocycles. The lowest BCUT2D eigenvalue weighted by atomic mass is 10.0. The maximum absolute atomic E-state index is 10.4. The lowest BCUT2D eigenvalue weighted by molar-refractivity contribution is 0.0976. The predicted octanol–water partition coefficient (Wildman–Crippen LogP) is 4.16. The van der Waals surface area contributed by atoms with E-state index in [1.54, 1.807) is 30.3 Å². The average molecular weight is 350 g/mol. The number of aryl methyl sites for hydroxylation is 2. The third-order valence-electron chi connectivity index (χ3n) is 3.67. The van der Waals surface area contributed by atoms with E-state index in [1.807, 2.05) is 13.0 Å². The fraction of sp³-hybridized carbons (Fsp3) is 0.429. The van der Waals surface area contributed by atoms with Crippen molar-refractivity contribution in [2.24, 2.45) is 0 Å². The standard InChI is InChI=1S/C21H28O4/c1-16-7-6-10-19(13-16)25-15-18(22)9-5-4-8-17-11-12-20(23-2)21(14-17)24-3/h6-7,10-14,18,22H,4-5,8-9,15H2,1-3H3/i2D3,9D2,18D. The molecule has 0 aliphatic rings. The van der Waals surface area contributed by atoms with Gasteiger partial charge in [-0.25, -0.2) is 0 Å². The van der Waals surface area contributed by atoms with Gasteiger partial charge >= 0.3 is 0 Å². The van der Waals surface area contributed by atoms with Gasteiger partial charge in [0.15, 0.2) is 11.5 Å². The lowest BCUT2D eigenvalue weighted by Crippen LogP contribution is -2.17. The zero-order valence-corrected chi connectivity index (χ0v) is 14.5. The van der Waals surface area contributed by atoms with Crippen LogP contribution in [-0.4, -0.2) is 31.9 Å². The average Bonchev–Trinajstić information content (AvgIpc) is 2.66. The summed E-state index contributed by atoms with van der Waals surface area (Å²) >= 11 is 0. The van der Waals surface area contributed by atoms with Crippen molar-refractivity contribution >= 4 is 0 Å². The van der Waals surface area contributed by atoms with Gasteiger partial charge in [-0.15, -0.1) is 0 Å². The summed E-state index contributed by atoms with van der Waals surface area (Å²) in [5, 5.41) is 10.4. The van der Waals surface area contributed by atoms with Crippen LogP contribution in [0.3, 0.4) is 0 Å². The summed E-state index contributed by atoms with van der Waals surface area (Å²) in [5.41, 5.74) is 1.75. The fourth-order valence-electron chi connectivity index (χ4n) is 2.38. The van der Waals surface area contributed by atoms with Crippen molar-refractivity contribution in [3.8, 4) is 17.2 Å².